The number of aromatic nitrogens is 1. The van der Waals surface area contributed by atoms with Gasteiger partial charge >= 0.3 is 0 Å². The Labute approximate surface area is 207 Å². The van der Waals surface area contributed by atoms with Gasteiger partial charge < -0.3 is 4.74 Å². The standard InChI is InChI=1S/C22H16Cl2N2O3S3/c1-29-15-8-6-13(7-9-15)12-30-21-25-19(24)17(31-21)10-18-20(27)26(22(28)32-18)11-14-4-2-3-5-16(14)23/h2-10H,11-12H2,1H3/b18-10+. The Morgan fingerprint density at radius 3 is 2.59 bits per heavy atom. The molecule has 164 valence electrons. The van der Waals surface area contributed by atoms with Crippen molar-refractivity contribution < 1.29 is 14.3 Å². The van der Waals surface area contributed by atoms with E-state index >= 15 is 0 Å². The highest BCUT2D eigenvalue weighted by Crippen LogP contribution is 2.38. The number of hydrogen-bond donors (Lipinski definition) is 0. The zero-order valence-electron chi connectivity index (χ0n) is 16.7. The molecule has 0 bridgehead atoms. The Bertz CT molecular complexity index is 1200. The Kier molecular flexibility index (Phi) is 7.48. The molecular formula is C22H16Cl2N2O3S3. The molecule has 1 aromatic heterocycles. The molecule has 10 heteroatoms. The van der Waals surface area contributed by atoms with Crippen LogP contribution in [-0.4, -0.2) is 28.1 Å². The molecule has 3 aromatic rings. The maximum absolute atomic E-state index is 12.8. The van der Waals surface area contributed by atoms with Crippen molar-refractivity contribution in [1.82, 2.24) is 9.88 Å². The lowest BCUT2D eigenvalue weighted by molar-refractivity contribution is -0.123. The van der Waals surface area contributed by atoms with Gasteiger partial charge in [0.15, 0.2) is 4.34 Å². The van der Waals surface area contributed by atoms with Crippen LogP contribution >= 0.6 is 58.1 Å². The third-order valence-corrected chi connectivity index (χ3v) is 8.43. The predicted molar refractivity (Wildman–Crippen MR) is 133 cm³/mol. The van der Waals surface area contributed by atoms with Crippen molar-refractivity contribution in [2.45, 2.75) is 16.6 Å². The quantitative estimate of drug-likeness (QED) is 0.246. The van der Waals surface area contributed by atoms with E-state index in [-0.39, 0.29) is 17.7 Å². The van der Waals surface area contributed by atoms with Crippen molar-refractivity contribution in [3.05, 3.63) is 79.6 Å². The van der Waals surface area contributed by atoms with Gasteiger partial charge in [0, 0.05) is 10.8 Å². The van der Waals surface area contributed by atoms with Crippen molar-refractivity contribution in [2.24, 2.45) is 0 Å². The number of nitrogens with zero attached hydrogens (tertiary/aromatic N) is 2. The first-order valence-corrected chi connectivity index (χ1v) is 12.7. The normalized spacial score (nSPS) is 15.1. The van der Waals surface area contributed by atoms with Gasteiger partial charge in [-0.1, -0.05) is 65.3 Å². The predicted octanol–water partition coefficient (Wildman–Crippen LogP) is 6.99. The number of carbonyl (C=O) groups is 2. The van der Waals surface area contributed by atoms with E-state index in [1.54, 1.807) is 43.1 Å². The molecule has 2 heterocycles. The molecule has 0 saturated carbocycles. The molecule has 1 saturated heterocycles. The first-order chi connectivity index (χ1) is 15.4. The summed E-state index contributed by atoms with van der Waals surface area (Å²) in [5, 5.41) is 0.487. The highest BCUT2D eigenvalue weighted by atomic mass is 35.5. The van der Waals surface area contributed by atoms with Crippen molar-refractivity contribution in [3.8, 4) is 5.75 Å². The number of hydrogen-bond acceptors (Lipinski definition) is 7. The van der Waals surface area contributed by atoms with Crippen LogP contribution in [0.25, 0.3) is 6.08 Å². The summed E-state index contributed by atoms with van der Waals surface area (Å²) in [6.45, 7) is 0.126. The van der Waals surface area contributed by atoms with Gasteiger partial charge in [0.05, 0.1) is 23.4 Å². The molecule has 1 fully saturated rings. The van der Waals surface area contributed by atoms with E-state index < -0.39 is 0 Å². The van der Waals surface area contributed by atoms with Gasteiger partial charge in [-0.3, -0.25) is 14.5 Å². The number of benzene rings is 2. The number of rotatable bonds is 7. The van der Waals surface area contributed by atoms with E-state index in [9.17, 15) is 9.59 Å². The van der Waals surface area contributed by atoms with E-state index in [1.165, 1.54) is 16.2 Å². The van der Waals surface area contributed by atoms with Gasteiger partial charge in [-0.05, 0) is 47.2 Å². The summed E-state index contributed by atoms with van der Waals surface area (Å²) in [6.07, 6.45) is 1.63. The smallest absolute Gasteiger partial charge is 0.293 e. The summed E-state index contributed by atoms with van der Waals surface area (Å²) in [5.41, 5.74) is 1.84. The van der Waals surface area contributed by atoms with Crippen LogP contribution < -0.4 is 4.74 Å². The minimum absolute atomic E-state index is 0.126. The second-order valence-electron chi connectivity index (χ2n) is 6.63. The van der Waals surface area contributed by atoms with Crippen LogP contribution in [-0.2, 0) is 17.1 Å². The van der Waals surface area contributed by atoms with Crippen molar-refractivity contribution in [3.63, 3.8) is 0 Å². The third-order valence-electron chi connectivity index (χ3n) is 4.53. The number of imide groups is 1. The van der Waals surface area contributed by atoms with Crippen LogP contribution in [0.1, 0.15) is 16.0 Å². The lowest BCUT2D eigenvalue weighted by Crippen LogP contribution is -2.27. The Morgan fingerprint density at radius 2 is 1.88 bits per heavy atom. The van der Waals surface area contributed by atoms with E-state index in [0.29, 0.717) is 25.5 Å². The monoisotopic (exact) mass is 522 g/mol. The molecule has 1 aliphatic heterocycles. The van der Waals surface area contributed by atoms with E-state index in [0.717, 1.165) is 33.2 Å². The summed E-state index contributed by atoms with van der Waals surface area (Å²) in [7, 11) is 1.63. The topological polar surface area (TPSA) is 59.5 Å². The average Bonchev–Trinajstić information content (AvgIpc) is 3.27. The molecule has 0 aliphatic carbocycles. The number of thiazole rings is 1. The van der Waals surface area contributed by atoms with Crippen LogP contribution in [0.5, 0.6) is 5.75 Å². The zero-order chi connectivity index (χ0) is 22.7. The van der Waals surface area contributed by atoms with Crippen molar-refractivity contribution in [1.29, 1.82) is 0 Å². The van der Waals surface area contributed by atoms with Crippen LogP contribution in [0.3, 0.4) is 0 Å². The highest BCUT2D eigenvalue weighted by molar-refractivity contribution is 8.18. The molecule has 5 nitrogen and oxygen atoms in total. The first-order valence-electron chi connectivity index (χ1n) is 9.35. The molecule has 2 amide bonds. The fraction of sp³-hybridized carbons (Fsp3) is 0.136. The summed E-state index contributed by atoms with van der Waals surface area (Å²) < 4.78 is 5.96. The van der Waals surface area contributed by atoms with E-state index in [1.807, 2.05) is 30.3 Å². The lowest BCUT2D eigenvalue weighted by atomic mass is 10.2. The summed E-state index contributed by atoms with van der Waals surface area (Å²) in [6, 6.07) is 15.0. The fourth-order valence-corrected chi connectivity index (χ4v) is 6.26. The number of amides is 2. The van der Waals surface area contributed by atoms with Crippen LogP contribution in [0.15, 0.2) is 57.8 Å². The molecular weight excluding hydrogens is 507 g/mol. The molecule has 0 unspecified atom stereocenters. The van der Waals surface area contributed by atoms with Gasteiger partial charge in [0.25, 0.3) is 11.1 Å². The Hall–Kier alpha value is -1.97. The van der Waals surface area contributed by atoms with Crippen LogP contribution in [0.4, 0.5) is 4.79 Å². The average molecular weight is 523 g/mol. The summed E-state index contributed by atoms with van der Waals surface area (Å²) in [4.78, 5) is 31.8. The number of halogens is 2. The Morgan fingerprint density at radius 1 is 1.12 bits per heavy atom. The van der Waals surface area contributed by atoms with Crippen LogP contribution in [0.2, 0.25) is 10.2 Å². The van der Waals surface area contributed by atoms with Gasteiger partial charge in [-0.15, -0.1) is 11.3 Å². The zero-order valence-corrected chi connectivity index (χ0v) is 20.7. The number of carbonyl (C=O) groups excluding carboxylic acids is 2. The molecule has 2 aromatic carbocycles. The van der Waals surface area contributed by atoms with Gasteiger partial charge in [0.2, 0.25) is 0 Å². The second-order valence-corrected chi connectivity index (χ2v) is 10.6. The van der Waals surface area contributed by atoms with Crippen LogP contribution in [0, 0.1) is 0 Å². The minimum atomic E-state index is -0.364. The molecule has 4 rings (SSSR count). The number of ether oxygens (including phenoxy) is 1. The minimum Gasteiger partial charge on any atom is -0.497 e. The van der Waals surface area contributed by atoms with Gasteiger partial charge in [-0.2, -0.15) is 0 Å². The summed E-state index contributed by atoms with van der Waals surface area (Å²) >= 11 is 16.3. The molecule has 32 heavy (non-hydrogen) atoms. The molecule has 0 atom stereocenters. The first kappa shape index (κ1) is 23.2. The summed E-state index contributed by atoms with van der Waals surface area (Å²) in [5.74, 6) is 1.17. The Balaban J connectivity index is 1.45. The van der Waals surface area contributed by atoms with Crippen molar-refractivity contribution >= 4 is 75.3 Å². The van der Waals surface area contributed by atoms with Gasteiger partial charge in [-0.25, -0.2) is 4.98 Å². The molecule has 0 N–H and O–H groups in total. The SMILES string of the molecule is COc1ccc(CSc2nc(Cl)c(/C=C3/SC(=O)N(Cc4ccccc4Cl)C3=O)s2)cc1. The van der Waals surface area contributed by atoms with Gasteiger partial charge in [0.1, 0.15) is 10.9 Å². The lowest BCUT2D eigenvalue weighted by Gasteiger charge is -2.13. The highest BCUT2D eigenvalue weighted by Gasteiger charge is 2.35. The van der Waals surface area contributed by atoms with E-state index in [2.05, 4.69) is 4.98 Å². The van der Waals surface area contributed by atoms with E-state index in [4.69, 9.17) is 27.9 Å². The maximum atomic E-state index is 12.8. The molecule has 1 aliphatic rings. The van der Waals surface area contributed by atoms with Crippen molar-refractivity contribution in [2.75, 3.05) is 7.11 Å². The number of methoxy groups -OCH3 is 1. The number of thioether (sulfide) groups is 2. The molecule has 0 radical (unpaired) electrons. The fourth-order valence-electron chi connectivity index (χ4n) is 2.86. The maximum Gasteiger partial charge on any atom is 0.293 e. The third kappa shape index (κ3) is 5.32. The second kappa shape index (κ2) is 10.3. The largest absolute Gasteiger partial charge is 0.497 e. The molecule has 0 spiro atoms.